The zero-order valence-corrected chi connectivity index (χ0v) is 10.7. The van der Waals surface area contributed by atoms with Gasteiger partial charge in [-0.05, 0) is 29.3 Å². The summed E-state index contributed by atoms with van der Waals surface area (Å²) in [5.41, 5.74) is 0. The van der Waals surface area contributed by atoms with Gasteiger partial charge in [-0.25, -0.2) is 0 Å². The zero-order valence-electron chi connectivity index (χ0n) is 9.83. The van der Waals surface area contributed by atoms with Crippen LogP contribution in [0.1, 0.15) is 12.8 Å². The lowest BCUT2D eigenvalue weighted by molar-refractivity contribution is -0.137. The van der Waals surface area contributed by atoms with E-state index in [2.05, 4.69) is 0 Å². The summed E-state index contributed by atoms with van der Waals surface area (Å²) < 4.78 is 12.0. The van der Waals surface area contributed by atoms with Gasteiger partial charge in [0.25, 0.3) is 0 Å². The summed E-state index contributed by atoms with van der Waals surface area (Å²) >= 11 is 0. The van der Waals surface area contributed by atoms with Crippen LogP contribution in [0.2, 0.25) is 0 Å². The molecule has 0 bridgehead atoms. The van der Waals surface area contributed by atoms with Crippen molar-refractivity contribution >= 4 is 27.5 Å². The third-order valence-electron chi connectivity index (χ3n) is 2.70. The first-order valence-corrected chi connectivity index (χ1v) is 7.08. The van der Waals surface area contributed by atoms with Crippen LogP contribution in [-0.2, 0) is 15.6 Å². The summed E-state index contributed by atoms with van der Waals surface area (Å²) in [5.74, 6) is -0.449. The van der Waals surface area contributed by atoms with E-state index in [1.807, 2.05) is 42.5 Å². The molecule has 0 saturated carbocycles. The number of fused-ring (bicyclic) bond motifs is 1. The molecule has 2 aromatic carbocycles. The van der Waals surface area contributed by atoms with Crippen molar-refractivity contribution in [2.45, 2.75) is 17.7 Å². The lowest BCUT2D eigenvalue weighted by Gasteiger charge is -2.03. The topological polar surface area (TPSA) is 54.4 Å². The summed E-state index contributed by atoms with van der Waals surface area (Å²) in [5, 5.41) is 10.7. The van der Waals surface area contributed by atoms with Crippen molar-refractivity contribution < 1.29 is 14.1 Å². The van der Waals surface area contributed by atoms with Crippen LogP contribution in [0.3, 0.4) is 0 Å². The number of hydrogen-bond donors (Lipinski definition) is 1. The second-order valence-electron chi connectivity index (χ2n) is 4.06. The van der Waals surface area contributed by atoms with E-state index in [-0.39, 0.29) is 6.42 Å². The first-order chi connectivity index (χ1) is 8.66. The second kappa shape index (κ2) is 5.78. The van der Waals surface area contributed by atoms with Crippen molar-refractivity contribution in [1.29, 1.82) is 0 Å². The zero-order chi connectivity index (χ0) is 13.0. The van der Waals surface area contributed by atoms with Crippen LogP contribution in [0.25, 0.3) is 10.8 Å². The molecule has 2 aromatic rings. The Hall–Kier alpha value is -1.68. The van der Waals surface area contributed by atoms with E-state index in [4.69, 9.17) is 5.11 Å². The molecule has 4 heteroatoms. The largest absolute Gasteiger partial charge is 0.481 e. The highest BCUT2D eigenvalue weighted by Crippen LogP contribution is 2.18. The molecule has 1 atom stereocenters. The van der Waals surface area contributed by atoms with Crippen molar-refractivity contribution in [3.8, 4) is 0 Å². The summed E-state index contributed by atoms with van der Waals surface area (Å²) in [6, 6.07) is 13.6. The van der Waals surface area contributed by atoms with Crippen LogP contribution in [0.5, 0.6) is 0 Å². The van der Waals surface area contributed by atoms with Crippen LogP contribution in [0.15, 0.2) is 47.4 Å². The normalized spacial score (nSPS) is 12.4. The molecule has 0 fully saturated rings. The van der Waals surface area contributed by atoms with E-state index in [0.717, 1.165) is 15.7 Å². The molecule has 18 heavy (non-hydrogen) atoms. The molecule has 0 saturated heterocycles. The van der Waals surface area contributed by atoms with E-state index in [9.17, 15) is 9.00 Å². The van der Waals surface area contributed by atoms with Gasteiger partial charge in [-0.15, -0.1) is 0 Å². The fraction of sp³-hybridized carbons (Fsp3) is 0.214. The minimum Gasteiger partial charge on any atom is -0.481 e. The minimum atomic E-state index is -1.12. The molecule has 2 rings (SSSR count). The average molecular weight is 262 g/mol. The van der Waals surface area contributed by atoms with Gasteiger partial charge in [0.2, 0.25) is 0 Å². The number of hydrogen-bond acceptors (Lipinski definition) is 2. The Balaban J connectivity index is 2.10. The number of rotatable bonds is 5. The third-order valence-corrected chi connectivity index (χ3v) is 4.14. The predicted molar refractivity (Wildman–Crippen MR) is 72.1 cm³/mol. The van der Waals surface area contributed by atoms with Gasteiger partial charge in [0, 0.05) is 17.1 Å². The van der Waals surface area contributed by atoms with Crippen molar-refractivity contribution in [1.82, 2.24) is 0 Å². The van der Waals surface area contributed by atoms with E-state index >= 15 is 0 Å². The number of carboxylic acids is 1. The van der Waals surface area contributed by atoms with Crippen LogP contribution in [-0.4, -0.2) is 21.0 Å². The lowest BCUT2D eigenvalue weighted by Crippen LogP contribution is -2.02. The molecular formula is C14H14O3S. The third kappa shape index (κ3) is 3.17. The quantitative estimate of drug-likeness (QED) is 0.901. The summed E-state index contributed by atoms with van der Waals surface area (Å²) in [4.78, 5) is 11.2. The molecule has 3 nitrogen and oxygen atoms in total. The van der Waals surface area contributed by atoms with Crippen LogP contribution < -0.4 is 0 Å². The Morgan fingerprint density at radius 3 is 2.56 bits per heavy atom. The molecule has 0 aliphatic carbocycles. The van der Waals surface area contributed by atoms with Crippen LogP contribution in [0, 0.1) is 0 Å². The van der Waals surface area contributed by atoms with E-state index in [0.29, 0.717) is 12.2 Å². The van der Waals surface area contributed by atoms with Crippen molar-refractivity contribution in [2.75, 3.05) is 5.75 Å². The molecule has 1 unspecified atom stereocenters. The fourth-order valence-corrected chi connectivity index (χ4v) is 2.90. The molecule has 94 valence electrons. The highest BCUT2D eigenvalue weighted by atomic mass is 32.2. The second-order valence-corrected chi connectivity index (χ2v) is 5.63. The van der Waals surface area contributed by atoms with Gasteiger partial charge in [-0.1, -0.05) is 30.3 Å². The highest BCUT2D eigenvalue weighted by Gasteiger charge is 2.06. The van der Waals surface area contributed by atoms with Gasteiger partial charge in [-0.3, -0.25) is 9.00 Å². The number of carbonyl (C=O) groups is 1. The maximum absolute atomic E-state index is 12.0. The number of aliphatic carboxylic acids is 1. The lowest BCUT2D eigenvalue weighted by atomic mass is 10.1. The van der Waals surface area contributed by atoms with Crippen LogP contribution in [0.4, 0.5) is 0 Å². The summed E-state index contributed by atoms with van der Waals surface area (Å²) in [6.45, 7) is 0. The first-order valence-electron chi connectivity index (χ1n) is 5.76. The Morgan fingerprint density at radius 2 is 1.83 bits per heavy atom. The van der Waals surface area contributed by atoms with Crippen molar-refractivity contribution in [3.05, 3.63) is 42.5 Å². The highest BCUT2D eigenvalue weighted by molar-refractivity contribution is 7.85. The van der Waals surface area contributed by atoms with Gasteiger partial charge in [0.15, 0.2) is 0 Å². The molecule has 0 aliphatic rings. The van der Waals surface area contributed by atoms with Crippen molar-refractivity contribution in [2.24, 2.45) is 0 Å². The van der Waals surface area contributed by atoms with Gasteiger partial charge >= 0.3 is 5.97 Å². The minimum absolute atomic E-state index is 0.0688. The van der Waals surface area contributed by atoms with E-state index in [1.165, 1.54) is 0 Å². The maximum atomic E-state index is 12.0. The standard InChI is InChI=1S/C14H14O3S/c15-14(16)6-3-9-18(17)13-8-7-11-4-1-2-5-12(11)10-13/h1-2,4-5,7-8,10H,3,6,9H2,(H,15,16). The molecule has 0 heterocycles. The first kappa shape index (κ1) is 12.8. The molecular weight excluding hydrogens is 248 g/mol. The SMILES string of the molecule is O=C(O)CCCS(=O)c1ccc2ccccc2c1. The predicted octanol–water partition coefficient (Wildman–Crippen LogP) is 2.81. The molecule has 0 aromatic heterocycles. The van der Waals surface area contributed by atoms with E-state index < -0.39 is 16.8 Å². The van der Waals surface area contributed by atoms with Crippen LogP contribution >= 0.6 is 0 Å². The molecule has 0 radical (unpaired) electrons. The Bertz CT molecular complexity index is 592. The Morgan fingerprint density at radius 1 is 1.11 bits per heavy atom. The number of benzene rings is 2. The number of carboxylic acid groups (broad SMARTS) is 1. The van der Waals surface area contributed by atoms with Gasteiger partial charge < -0.3 is 5.11 Å². The molecule has 0 amide bonds. The smallest absolute Gasteiger partial charge is 0.303 e. The molecule has 1 N–H and O–H groups in total. The van der Waals surface area contributed by atoms with Gasteiger partial charge in [0.1, 0.15) is 0 Å². The fourth-order valence-electron chi connectivity index (χ4n) is 1.78. The van der Waals surface area contributed by atoms with Crippen molar-refractivity contribution in [3.63, 3.8) is 0 Å². The molecule has 0 spiro atoms. The summed E-state index contributed by atoms with van der Waals surface area (Å²) in [7, 11) is -1.12. The van der Waals surface area contributed by atoms with Gasteiger partial charge in [0.05, 0.1) is 10.8 Å². The Labute approximate surface area is 108 Å². The average Bonchev–Trinajstić information content (AvgIpc) is 2.37. The maximum Gasteiger partial charge on any atom is 0.303 e. The molecule has 0 aliphatic heterocycles. The monoisotopic (exact) mass is 262 g/mol. The summed E-state index contributed by atoms with van der Waals surface area (Å²) in [6.07, 6.45) is 0.508. The van der Waals surface area contributed by atoms with Gasteiger partial charge in [-0.2, -0.15) is 0 Å². The Kier molecular flexibility index (Phi) is 4.10. The van der Waals surface area contributed by atoms with E-state index in [1.54, 1.807) is 0 Å².